The third-order valence-electron chi connectivity index (χ3n) is 3.14. The lowest BCUT2D eigenvalue weighted by atomic mass is 10.3. The van der Waals surface area contributed by atoms with Gasteiger partial charge in [0.1, 0.15) is 0 Å². The van der Waals surface area contributed by atoms with Crippen molar-refractivity contribution in [3.05, 3.63) is 24.3 Å². The van der Waals surface area contributed by atoms with Crippen LogP contribution >= 0.6 is 12.1 Å². The molecule has 2 amide bonds. The van der Waals surface area contributed by atoms with E-state index in [9.17, 15) is 9.59 Å². The molecular formula is C18H28N2O5S. The number of nitrogens with zero attached hydrogens (tertiary/aromatic N) is 2. The standard InChI is InChI=1S/C18H28N2O5S/c1-6-7-10-13-23-17(21)19(4)26-20(5)18(22)25-16-12-9-8-11-15(16)24-14(2)3/h8-9,11-12,14H,6-7,10,13H2,1-5H3. The molecule has 0 radical (unpaired) electrons. The molecule has 0 aliphatic rings. The van der Waals surface area contributed by atoms with Crippen LogP contribution in [0.3, 0.4) is 0 Å². The Morgan fingerprint density at radius 1 is 1.04 bits per heavy atom. The van der Waals surface area contributed by atoms with Gasteiger partial charge in [0.2, 0.25) is 0 Å². The van der Waals surface area contributed by atoms with E-state index in [1.54, 1.807) is 24.3 Å². The maximum absolute atomic E-state index is 12.3. The molecule has 0 fully saturated rings. The summed E-state index contributed by atoms with van der Waals surface area (Å²) in [5.74, 6) is 0.807. The van der Waals surface area contributed by atoms with Gasteiger partial charge in [0, 0.05) is 14.1 Å². The van der Waals surface area contributed by atoms with Crippen molar-refractivity contribution in [3.8, 4) is 11.5 Å². The number of hydrogen-bond donors (Lipinski definition) is 0. The van der Waals surface area contributed by atoms with E-state index in [2.05, 4.69) is 6.92 Å². The molecule has 1 aromatic rings. The van der Waals surface area contributed by atoms with Crippen LogP contribution in [0.4, 0.5) is 9.59 Å². The average molecular weight is 384 g/mol. The Morgan fingerprint density at radius 2 is 1.65 bits per heavy atom. The highest BCUT2D eigenvalue weighted by Crippen LogP contribution is 2.28. The van der Waals surface area contributed by atoms with E-state index in [1.165, 1.54) is 22.7 Å². The summed E-state index contributed by atoms with van der Waals surface area (Å²) >= 11 is 0.895. The Balaban J connectivity index is 2.53. The van der Waals surface area contributed by atoms with Crippen molar-refractivity contribution in [1.82, 2.24) is 8.61 Å². The lowest BCUT2D eigenvalue weighted by molar-refractivity contribution is 0.130. The maximum Gasteiger partial charge on any atom is 0.426 e. The van der Waals surface area contributed by atoms with Gasteiger partial charge in [-0.2, -0.15) is 0 Å². The second-order valence-electron chi connectivity index (χ2n) is 5.88. The van der Waals surface area contributed by atoms with E-state index >= 15 is 0 Å². The Labute approximate surface area is 159 Å². The van der Waals surface area contributed by atoms with Crippen molar-refractivity contribution in [2.45, 2.75) is 46.1 Å². The average Bonchev–Trinajstić information content (AvgIpc) is 2.59. The molecule has 0 atom stereocenters. The zero-order valence-electron chi connectivity index (χ0n) is 16.1. The van der Waals surface area contributed by atoms with Crippen LogP contribution in [0.25, 0.3) is 0 Å². The second-order valence-corrected chi connectivity index (χ2v) is 7.14. The van der Waals surface area contributed by atoms with E-state index in [-0.39, 0.29) is 6.10 Å². The zero-order valence-corrected chi connectivity index (χ0v) is 16.9. The minimum absolute atomic E-state index is 0.0458. The van der Waals surface area contributed by atoms with Gasteiger partial charge in [-0.25, -0.2) is 18.2 Å². The first-order valence-corrected chi connectivity index (χ1v) is 9.38. The maximum atomic E-state index is 12.3. The number of carbonyl (C=O) groups excluding carboxylic acids is 2. The molecule has 8 heteroatoms. The molecule has 0 saturated carbocycles. The number of unbranched alkanes of at least 4 members (excludes halogenated alkanes) is 2. The van der Waals surface area contributed by atoms with Gasteiger partial charge in [0.05, 0.1) is 24.8 Å². The summed E-state index contributed by atoms with van der Waals surface area (Å²) in [7, 11) is 3.05. The molecule has 0 spiro atoms. The molecule has 7 nitrogen and oxygen atoms in total. The van der Waals surface area contributed by atoms with Crippen molar-refractivity contribution in [2.75, 3.05) is 20.7 Å². The van der Waals surface area contributed by atoms with Crippen LogP contribution in [0.1, 0.15) is 40.0 Å². The number of ether oxygens (including phenoxy) is 3. The van der Waals surface area contributed by atoms with Crippen molar-refractivity contribution in [2.24, 2.45) is 0 Å². The molecule has 0 aliphatic carbocycles. The van der Waals surface area contributed by atoms with Crippen LogP contribution in [-0.2, 0) is 4.74 Å². The Kier molecular flexibility index (Phi) is 9.72. The van der Waals surface area contributed by atoms with Crippen LogP contribution in [-0.4, -0.2) is 47.6 Å². The number of benzene rings is 1. The lowest BCUT2D eigenvalue weighted by Crippen LogP contribution is -2.31. The molecule has 146 valence electrons. The minimum atomic E-state index is -0.625. The molecule has 0 aromatic heterocycles. The van der Waals surface area contributed by atoms with Crippen LogP contribution < -0.4 is 9.47 Å². The summed E-state index contributed by atoms with van der Waals surface area (Å²) in [6.07, 6.45) is 1.71. The first-order valence-electron chi connectivity index (χ1n) is 8.65. The minimum Gasteiger partial charge on any atom is -0.487 e. The molecule has 1 aromatic carbocycles. The van der Waals surface area contributed by atoms with E-state index in [0.29, 0.717) is 18.1 Å². The smallest absolute Gasteiger partial charge is 0.426 e. The van der Waals surface area contributed by atoms with Crippen LogP contribution in [0.2, 0.25) is 0 Å². The largest absolute Gasteiger partial charge is 0.487 e. The number of para-hydroxylation sites is 2. The summed E-state index contributed by atoms with van der Waals surface area (Å²) in [6, 6.07) is 6.94. The molecule has 0 saturated heterocycles. The fourth-order valence-electron chi connectivity index (χ4n) is 1.90. The Hall–Kier alpha value is -2.09. The number of amides is 2. The van der Waals surface area contributed by atoms with Gasteiger partial charge >= 0.3 is 12.2 Å². The van der Waals surface area contributed by atoms with Gasteiger partial charge in [0.15, 0.2) is 11.5 Å². The predicted molar refractivity (Wildman–Crippen MR) is 102 cm³/mol. The van der Waals surface area contributed by atoms with E-state index in [0.717, 1.165) is 31.4 Å². The van der Waals surface area contributed by atoms with E-state index in [4.69, 9.17) is 14.2 Å². The van der Waals surface area contributed by atoms with Gasteiger partial charge in [-0.15, -0.1) is 0 Å². The van der Waals surface area contributed by atoms with Gasteiger partial charge in [-0.1, -0.05) is 31.9 Å². The molecule has 0 unspecified atom stereocenters. The van der Waals surface area contributed by atoms with Crippen molar-refractivity contribution in [1.29, 1.82) is 0 Å². The van der Waals surface area contributed by atoms with Crippen molar-refractivity contribution in [3.63, 3.8) is 0 Å². The van der Waals surface area contributed by atoms with Gasteiger partial charge in [-0.3, -0.25) is 0 Å². The van der Waals surface area contributed by atoms with Crippen molar-refractivity contribution < 1.29 is 23.8 Å². The molecular weight excluding hydrogens is 356 g/mol. The van der Waals surface area contributed by atoms with Crippen LogP contribution in [0, 0.1) is 0 Å². The SMILES string of the molecule is CCCCCOC(=O)N(C)SN(C)C(=O)Oc1ccccc1OC(C)C. The fourth-order valence-corrected chi connectivity index (χ4v) is 2.49. The monoisotopic (exact) mass is 384 g/mol. The first kappa shape index (κ1) is 22.0. The number of carbonyl (C=O) groups is 2. The van der Waals surface area contributed by atoms with E-state index < -0.39 is 12.2 Å². The van der Waals surface area contributed by atoms with E-state index in [1.807, 2.05) is 13.8 Å². The molecule has 0 heterocycles. The third-order valence-corrected chi connectivity index (χ3v) is 3.93. The van der Waals surface area contributed by atoms with Crippen LogP contribution in [0.5, 0.6) is 11.5 Å². The zero-order chi connectivity index (χ0) is 19.5. The molecule has 26 heavy (non-hydrogen) atoms. The second kappa shape index (κ2) is 11.5. The quantitative estimate of drug-likeness (QED) is 0.453. The Bertz CT molecular complexity index is 582. The Morgan fingerprint density at radius 3 is 2.27 bits per heavy atom. The molecule has 0 N–H and O–H groups in total. The topological polar surface area (TPSA) is 68.3 Å². The highest BCUT2D eigenvalue weighted by atomic mass is 32.2. The fraction of sp³-hybridized carbons (Fsp3) is 0.556. The summed E-state index contributed by atoms with van der Waals surface area (Å²) in [5.41, 5.74) is 0. The normalized spacial score (nSPS) is 10.4. The number of rotatable bonds is 9. The summed E-state index contributed by atoms with van der Waals surface area (Å²) < 4.78 is 18.6. The van der Waals surface area contributed by atoms with Crippen molar-refractivity contribution >= 4 is 24.3 Å². The molecule has 0 bridgehead atoms. The first-order chi connectivity index (χ1) is 12.3. The third kappa shape index (κ3) is 7.86. The highest BCUT2D eigenvalue weighted by molar-refractivity contribution is 7.95. The highest BCUT2D eigenvalue weighted by Gasteiger charge is 2.20. The van der Waals surface area contributed by atoms with Gasteiger partial charge < -0.3 is 14.2 Å². The predicted octanol–water partition coefficient (Wildman–Crippen LogP) is 4.73. The molecule has 1 rings (SSSR count). The molecule has 0 aliphatic heterocycles. The number of hydrogen-bond acceptors (Lipinski definition) is 6. The summed E-state index contributed by atoms with van der Waals surface area (Å²) in [6.45, 7) is 6.23. The van der Waals surface area contributed by atoms with Gasteiger partial charge in [0.25, 0.3) is 0 Å². The summed E-state index contributed by atoms with van der Waals surface area (Å²) in [5, 5.41) is 0. The lowest BCUT2D eigenvalue weighted by Gasteiger charge is -2.22. The van der Waals surface area contributed by atoms with Crippen LogP contribution in [0.15, 0.2) is 24.3 Å². The summed E-state index contributed by atoms with van der Waals surface area (Å²) in [4.78, 5) is 24.1. The van der Waals surface area contributed by atoms with Gasteiger partial charge in [-0.05, 0) is 32.4 Å².